The van der Waals surface area contributed by atoms with E-state index in [0.29, 0.717) is 23.0 Å². The van der Waals surface area contributed by atoms with Crippen molar-refractivity contribution in [1.82, 2.24) is 0 Å². The fourth-order valence-corrected chi connectivity index (χ4v) is 3.63. The predicted octanol–water partition coefficient (Wildman–Crippen LogP) is 10.8. The zero-order valence-electron chi connectivity index (χ0n) is 27.7. The first-order valence-electron chi connectivity index (χ1n) is 15.2. The van der Waals surface area contributed by atoms with Crippen LogP contribution in [0, 0.1) is 6.92 Å². The van der Waals surface area contributed by atoms with E-state index < -0.39 is 5.97 Å². The van der Waals surface area contributed by atoms with Crippen molar-refractivity contribution in [3.63, 3.8) is 0 Å². The van der Waals surface area contributed by atoms with Crippen molar-refractivity contribution in [1.29, 1.82) is 0 Å². The number of aliphatic carboxylic acids is 1. The van der Waals surface area contributed by atoms with E-state index in [1.54, 1.807) is 39.4 Å². The van der Waals surface area contributed by atoms with E-state index in [1.165, 1.54) is 32.1 Å². The van der Waals surface area contributed by atoms with Crippen molar-refractivity contribution in [2.24, 2.45) is 0 Å². The molecule has 5 heteroatoms. The molecule has 0 radical (unpaired) electrons. The number of carboxylic acid groups (broad SMARTS) is 1. The van der Waals surface area contributed by atoms with Crippen LogP contribution in [0.25, 0.3) is 5.57 Å². The van der Waals surface area contributed by atoms with E-state index >= 15 is 0 Å². The number of benzene rings is 2. The first-order valence-corrected chi connectivity index (χ1v) is 15.2. The third kappa shape index (κ3) is 18.4. The maximum atomic E-state index is 11.0. The van der Waals surface area contributed by atoms with Gasteiger partial charge in [0.1, 0.15) is 17.2 Å². The van der Waals surface area contributed by atoms with Gasteiger partial charge in [0, 0.05) is 0 Å². The van der Waals surface area contributed by atoms with Crippen molar-refractivity contribution in [3.05, 3.63) is 59.7 Å². The minimum atomic E-state index is -0.922. The van der Waals surface area contributed by atoms with Crippen LogP contribution in [-0.4, -0.2) is 31.4 Å². The van der Waals surface area contributed by atoms with Crippen molar-refractivity contribution >= 4 is 11.5 Å². The Hall–Kier alpha value is -2.95. The average molecular weight is 561 g/mol. The van der Waals surface area contributed by atoms with Crippen LogP contribution in [0.1, 0.15) is 118 Å². The van der Waals surface area contributed by atoms with Crippen LogP contribution >= 0.6 is 0 Å². The molecule has 0 saturated carbocycles. The molecular weight excluding hydrogens is 500 g/mol. The summed E-state index contributed by atoms with van der Waals surface area (Å²) < 4.78 is 16.2. The summed E-state index contributed by atoms with van der Waals surface area (Å²) >= 11 is 0. The first-order chi connectivity index (χ1) is 19.3. The second-order valence-electron chi connectivity index (χ2n) is 8.49. The van der Waals surface area contributed by atoms with E-state index in [-0.39, 0.29) is 0 Å². The number of carboxylic acids is 1. The third-order valence-corrected chi connectivity index (χ3v) is 5.60. The lowest BCUT2D eigenvalue weighted by Gasteiger charge is -2.18. The van der Waals surface area contributed by atoms with Gasteiger partial charge in [-0.1, -0.05) is 106 Å². The summed E-state index contributed by atoms with van der Waals surface area (Å²) in [5, 5.41) is 9.01. The second kappa shape index (κ2) is 29.0. The van der Waals surface area contributed by atoms with Crippen LogP contribution in [-0.2, 0) is 4.79 Å². The molecule has 0 fully saturated rings. The zero-order chi connectivity index (χ0) is 31.3. The highest BCUT2D eigenvalue weighted by Crippen LogP contribution is 2.26. The SMILES string of the molecule is C/C=C(/C(=O)O)c1cccc(OC)c1C.CC.CC.CCCC(CCC)Oc1ccc(OC)cc1.CCCCC. The third-order valence-electron chi connectivity index (χ3n) is 5.60. The smallest absolute Gasteiger partial charge is 0.335 e. The molecule has 230 valence electrons. The number of ether oxygens (including phenoxy) is 3. The highest BCUT2D eigenvalue weighted by atomic mass is 16.5. The van der Waals surface area contributed by atoms with Crippen LogP contribution < -0.4 is 14.2 Å². The topological polar surface area (TPSA) is 65.0 Å². The number of hydrogen-bond donors (Lipinski definition) is 1. The van der Waals surface area contributed by atoms with Crippen LogP contribution in [0.5, 0.6) is 17.2 Å². The number of hydrogen-bond acceptors (Lipinski definition) is 4. The summed E-state index contributed by atoms with van der Waals surface area (Å²) in [5.41, 5.74) is 1.84. The van der Waals surface area contributed by atoms with Crippen LogP contribution in [0.3, 0.4) is 0 Å². The second-order valence-corrected chi connectivity index (χ2v) is 8.49. The van der Waals surface area contributed by atoms with Gasteiger partial charge >= 0.3 is 5.97 Å². The molecule has 0 bridgehead atoms. The number of unbranched alkanes of at least 4 members (excludes halogenated alkanes) is 2. The monoisotopic (exact) mass is 560 g/mol. The fourth-order valence-electron chi connectivity index (χ4n) is 3.63. The molecule has 0 unspecified atom stereocenters. The molecule has 40 heavy (non-hydrogen) atoms. The van der Waals surface area contributed by atoms with Gasteiger partial charge in [0.15, 0.2) is 0 Å². The molecule has 5 nitrogen and oxygen atoms in total. The Morgan fingerprint density at radius 2 is 1.30 bits per heavy atom. The normalized spacial score (nSPS) is 9.78. The lowest BCUT2D eigenvalue weighted by Crippen LogP contribution is -2.15. The van der Waals surface area contributed by atoms with Gasteiger partial charge in [0.2, 0.25) is 0 Å². The predicted molar refractivity (Wildman–Crippen MR) is 174 cm³/mol. The molecule has 2 aromatic rings. The highest BCUT2D eigenvalue weighted by Gasteiger charge is 2.13. The number of methoxy groups -OCH3 is 2. The van der Waals surface area contributed by atoms with Crippen molar-refractivity contribution in [2.75, 3.05) is 14.2 Å². The Morgan fingerprint density at radius 3 is 1.65 bits per heavy atom. The molecule has 0 heterocycles. The average Bonchev–Trinajstić information content (AvgIpc) is 2.98. The largest absolute Gasteiger partial charge is 0.497 e. The van der Waals surface area contributed by atoms with Gasteiger partial charge < -0.3 is 19.3 Å². The van der Waals surface area contributed by atoms with Crippen LogP contribution in [0.15, 0.2) is 48.5 Å². The summed E-state index contributed by atoms with van der Waals surface area (Å²) in [5.74, 6) is 1.59. The maximum absolute atomic E-state index is 11.0. The van der Waals surface area contributed by atoms with Gasteiger partial charge in [-0.3, -0.25) is 0 Å². The van der Waals surface area contributed by atoms with E-state index in [2.05, 4.69) is 27.7 Å². The fraction of sp³-hybridized carbons (Fsp3) is 0.571. The van der Waals surface area contributed by atoms with Crippen LogP contribution in [0.4, 0.5) is 0 Å². The summed E-state index contributed by atoms with van der Waals surface area (Å²) in [6, 6.07) is 13.2. The molecule has 2 rings (SSSR count). The molecule has 0 spiro atoms. The lowest BCUT2D eigenvalue weighted by atomic mass is 10.00. The standard InChI is InChI=1S/C14H22O2.C12H14O3.C5H12.2C2H6/c1-4-6-13(7-5-2)16-14-10-8-12(15-3)9-11-14;1-4-9(12(13)14)10-6-5-7-11(15-3)8(10)2;1-3-5-4-2;2*1-2/h8-11,13H,4-7H2,1-3H3;4-7H,1-3H3,(H,13,14);3-5H2,1-2H3;2*1-2H3/b;9-4+;;;. The molecular formula is C35H60O5. The molecule has 2 aromatic carbocycles. The molecule has 0 saturated heterocycles. The minimum Gasteiger partial charge on any atom is -0.497 e. The Kier molecular flexibility index (Phi) is 30.2. The van der Waals surface area contributed by atoms with Gasteiger partial charge in [-0.25, -0.2) is 4.79 Å². The lowest BCUT2D eigenvalue weighted by molar-refractivity contribution is -0.130. The summed E-state index contributed by atoms with van der Waals surface area (Å²) in [6.45, 7) is 20.4. The minimum absolute atomic E-state index is 0.298. The van der Waals surface area contributed by atoms with Gasteiger partial charge in [0.25, 0.3) is 0 Å². The highest BCUT2D eigenvalue weighted by molar-refractivity contribution is 6.15. The van der Waals surface area contributed by atoms with E-state index in [1.807, 2.05) is 65.0 Å². The number of rotatable bonds is 12. The van der Waals surface area contributed by atoms with E-state index in [4.69, 9.17) is 19.3 Å². The maximum Gasteiger partial charge on any atom is 0.335 e. The van der Waals surface area contributed by atoms with Crippen LogP contribution in [0.2, 0.25) is 0 Å². The van der Waals surface area contributed by atoms with Crippen molar-refractivity contribution in [2.45, 2.75) is 120 Å². The van der Waals surface area contributed by atoms with Gasteiger partial charge in [-0.15, -0.1) is 0 Å². The molecule has 0 aliphatic rings. The van der Waals surface area contributed by atoms with Crippen molar-refractivity contribution < 1.29 is 24.1 Å². The van der Waals surface area contributed by atoms with Gasteiger partial charge in [-0.05, 0) is 68.1 Å². The Labute approximate surface area is 247 Å². The zero-order valence-corrected chi connectivity index (χ0v) is 27.7. The summed E-state index contributed by atoms with van der Waals surface area (Å²) in [6.07, 6.45) is 10.6. The van der Waals surface area contributed by atoms with Gasteiger partial charge in [-0.2, -0.15) is 0 Å². The molecule has 0 aromatic heterocycles. The Bertz CT molecular complexity index is 864. The molecule has 0 aliphatic carbocycles. The Balaban J connectivity index is -0.000000530. The molecule has 0 atom stereocenters. The number of allylic oxidation sites excluding steroid dienone is 1. The summed E-state index contributed by atoms with van der Waals surface area (Å²) in [7, 11) is 3.25. The van der Waals surface area contributed by atoms with Gasteiger partial charge in [0.05, 0.1) is 25.9 Å². The Morgan fingerprint density at radius 1 is 0.800 bits per heavy atom. The van der Waals surface area contributed by atoms with E-state index in [0.717, 1.165) is 29.9 Å². The molecule has 0 aliphatic heterocycles. The molecule has 0 amide bonds. The van der Waals surface area contributed by atoms with Crippen molar-refractivity contribution in [3.8, 4) is 17.2 Å². The quantitative estimate of drug-likeness (QED) is 0.262. The summed E-state index contributed by atoms with van der Waals surface area (Å²) in [4.78, 5) is 11.0. The number of carbonyl (C=O) groups is 1. The molecule has 1 N–H and O–H groups in total. The van der Waals surface area contributed by atoms with E-state index in [9.17, 15) is 4.79 Å². The first kappa shape index (κ1) is 41.5.